The fourth-order valence-corrected chi connectivity index (χ4v) is 3.75. The van der Waals surface area contributed by atoms with Gasteiger partial charge in [-0.2, -0.15) is 5.10 Å². The molecular weight excluding hydrogens is 454 g/mol. The molecule has 2 aromatic carbocycles. The molecule has 0 fully saturated rings. The number of aryl methyl sites for hydroxylation is 1. The number of nitrogens with one attached hydrogen (secondary N) is 1. The molecule has 34 heavy (non-hydrogen) atoms. The maximum atomic E-state index is 12.3. The summed E-state index contributed by atoms with van der Waals surface area (Å²) >= 11 is 1.23. The van der Waals surface area contributed by atoms with Gasteiger partial charge in [-0.1, -0.05) is 29.5 Å². The van der Waals surface area contributed by atoms with E-state index in [4.69, 9.17) is 0 Å². The van der Waals surface area contributed by atoms with E-state index in [0.717, 1.165) is 16.8 Å². The first-order valence-corrected chi connectivity index (χ1v) is 11.1. The van der Waals surface area contributed by atoms with Gasteiger partial charge < -0.3 is 0 Å². The molecule has 0 unspecified atom stereocenters. The van der Waals surface area contributed by atoms with Gasteiger partial charge in [-0.15, -0.1) is 10.2 Å². The van der Waals surface area contributed by atoms with Crippen LogP contribution in [0.5, 0.6) is 0 Å². The number of benzene rings is 2. The lowest BCUT2D eigenvalue weighted by Gasteiger charge is -2.10. The molecule has 0 atom stereocenters. The van der Waals surface area contributed by atoms with Gasteiger partial charge in [0.2, 0.25) is 0 Å². The van der Waals surface area contributed by atoms with Crippen LogP contribution < -0.4 is 5.43 Å². The molecule has 0 bridgehead atoms. The van der Waals surface area contributed by atoms with E-state index < -0.39 is 4.92 Å². The Morgan fingerprint density at radius 3 is 2.47 bits per heavy atom. The molecule has 1 N–H and O–H groups in total. The number of rotatable bonds is 8. The third kappa shape index (κ3) is 5.51. The van der Waals surface area contributed by atoms with Gasteiger partial charge in [0.05, 0.1) is 16.9 Å². The molecule has 0 saturated heterocycles. The normalized spacial score (nSPS) is 11.0. The fourth-order valence-electron chi connectivity index (χ4n) is 3.00. The standard InChI is InChI=1S/C23H19N7O3S/c1-16-2-6-19(7-3-16)29-22(18-10-12-24-13-11-18)27-28-23(29)34-15-21(31)26-25-14-17-4-8-20(9-5-17)30(32)33/h2-14H,15H2,1H3,(H,26,31)/b25-14-. The van der Waals surface area contributed by atoms with E-state index in [1.165, 1.54) is 30.1 Å². The second-order valence-electron chi connectivity index (χ2n) is 7.14. The number of thioether (sulfide) groups is 1. The topological polar surface area (TPSA) is 128 Å². The molecule has 10 nitrogen and oxygen atoms in total. The van der Waals surface area contributed by atoms with Gasteiger partial charge in [-0.25, -0.2) is 5.43 Å². The van der Waals surface area contributed by atoms with E-state index in [2.05, 4.69) is 25.7 Å². The van der Waals surface area contributed by atoms with Crippen molar-refractivity contribution >= 4 is 29.6 Å². The van der Waals surface area contributed by atoms with E-state index in [1.54, 1.807) is 24.5 Å². The van der Waals surface area contributed by atoms with E-state index in [9.17, 15) is 14.9 Å². The van der Waals surface area contributed by atoms with Gasteiger partial charge >= 0.3 is 0 Å². The number of nitro benzene ring substituents is 1. The van der Waals surface area contributed by atoms with Crippen LogP contribution in [0.15, 0.2) is 83.3 Å². The van der Waals surface area contributed by atoms with Crippen molar-refractivity contribution < 1.29 is 9.72 Å². The van der Waals surface area contributed by atoms with Gasteiger partial charge in [0.1, 0.15) is 0 Å². The Balaban J connectivity index is 1.46. The summed E-state index contributed by atoms with van der Waals surface area (Å²) in [6.07, 6.45) is 4.79. The molecule has 170 valence electrons. The van der Waals surface area contributed by atoms with Crippen LogP contribution in [0.4, 0.5) is 5.69 Å². The number of nitrogens with zero attached hydrogens (tertiary/aromatic N) is 6. The van der Waals surface area contributed by atoms with Crippen molar-refractivity contribution in [3.05, 3.63) is 94.3 Å². The zero-order valence-electron chi connectivity index (χ0n) is 18.0. The summed E-state index contributed by atoms with van der Waals surface area (Å²) in [6.45, 7) is 2.01. The molecule has 0 radical (unpaired) electrons. The number of hydrogen-bond donors (Lipinski definition) is 1. The van der Waals surface area contributed by atoms with Crippen molar-refractivity contribution in [2.75, 3.05) is 5.75 Å². The molecule has 1 amide bonds. The van der Waals surface area contributed by atoms with Crippen molar-refractivity contribution in [3.63, 3.8) is 0 Å². The Labute approximate surface area is 198 Å². The lowest BCUT2D eigenvalue weighted by Crippen LogP contribution is -2.20. The molecule has 11 heteroatoms. The zero-order chi connectivity index (χ0) is 23.9. The smallest absolute Gasteiger partial charge is 0.269 e. The van der Waals surface area contributed by atoms with Crippen molar-refractivity contribution in [3.8, 4) is 17.1 Å². The molecule has 0 aliphatic heterocycles. The average Bonchev–Trinajstić information content (AvgIpc) is 3.28. The molecule has 0 spiro atoms. The van der Waals surface area contributed by atoms with Gasteiger partial charge in [-0.05, 0) is 48.9 Å². The van der Waals surface area contributed by atoms with Crippen molar-refractivity contribution in [1.29, 1.82) is 0 Å². The summed E-state index contributed by atoms with van der Waals surface area (Å²) in [6, 6.07) is 17.5. The van der Waals surface area contributed by atoms with Crippen LogP contribution in [0.2, 0.25) is 0 Å². The van der Waals surface area contributed by atoms with Crippen molar-refractivity contribution in [2.45, 2.75) is 12.1 Å². The SMILES string of the molecule is Cc1ccc(-n2c(SCC(=O)N/N=C\c3ccc([N+](=O)[O-])cc3)nnc2-c2ccncc2)cc1. The number of hydrazone groups is 1. The van der Waals surface area contributed by atoms with Crippen LogP contribution in [0.1, 0.15) is 11.1 Å². The molecule has 0 aliphatic rings. The highest BCUT2D eigenvalue weighted by atomic mass is 32.2. The molecular formula is C23H19N7O3S. The average molecular weight is 474 g/mol. The lowest BCUT2D eigenvalue weighted by molar-refractivity contribution is -0.384. The Hall–Kier alpha value is -4.38. The number of nitro groups is 1. The summed E-state index contributed by atoms with van der Waals surface area (Å²) in [5.41, 5.74) is 5.92. The predicted octanol–water partition coefficient (Wildman–Crippen LogP) is 3.79. The minimum absolute atomic E-state index is 0.0126. The monoisotopic (exact) mass is 473 g/mol. The molecule has 4 aromatic rings. The quantitative estimate of drug-likeness (QED) is 0.178. The zero-order valence-corrected chi connectivity index (χ0v) is 18.8. The maximum absolute atomic E-state index is 12.3. The van der Waals surface area contributed by atoms with E-state index >= 15 is 0 Å². The number of carbonyl (C=O) groups excluding carboxylic acids is 1. The number of amides is 1. The summed E-state index contributed by atoms with van der Waals surface area (Å²) < 4.78 is 1.90. The summed E-state index contributed by atoms with van der Waals surface area (Å²) in [5, 5.41) is 23.8. The third-order valence-corrected chi connectivity index (χ3v) is 5.63. The highest BCUT2D eigenvalue weighted by Gasteiger charge is 2.17. The number of carbonyl (C=O) groups is 1. The van der Waals surface area contributed by atoms with Crippen LogP contribution in [0.3, 0.4) is 0 Å². The van der Waals surface area contributed by atoms with Gasteiger partial charge in [0, 0.05) is 35.8 Å². The van der Waals surface area contributed by atoms with Crippen LogP contribution >= 0.6 is 11.8 Å². The number of hydrogen-bond acceptors (Lipinski definition) is 8. The third-order valence-electron chi connectivity index (χ3n) is 4.70. The molecule has 2 aromatic heterocycles. The van der Waals surface area contributed by atoms with Crippen LogP contribution in [0, 0.1) is 17.0 Å². The maximum Gasteiger partial charge on any atom is 0.269 e. The number of non-ortho nitro benzene ring substituents is 1. The van der Waals surface area contributed by atoms with Crippen LogP contribution in [0.25, 0.3) is 17.1 Å². The highest BCUT2D eigenvalue weighted by Crippen LogP contribution is 2.27. The van der Waals surface area contributed by atoms with Gasteiger partial charge in [0.25, 0.3) is 11.6 Å². The Morgan fingerprint density at radius 1 is 1.09 bits per heavy atom. The first-order chi connectivity index (χ1) is 16.5. The second kappa shape index (κ2) is 10.5. The van der Waals surface area contributed by atoms with Crippen LogP contribution in [-0.2, 0) is 4.79 Å². The van der Waals surface area contributed by atoms with E-state index in [-0.39, 0.29) is 17.3 Å². The largest absolute Gasteiger partial charge is 0.272 e. The van der Waals surface area contributed by atoms with Crippen molar-refractivity contribution in [1.82, 2.24) is 25.2 Å². The number of pyridine rings is 1. The Bertz CT molecular complexity index is 1320. The van der Waals surface area contributed by atoms with E-state index in [0.29, 0.717) is 16.5 Å². The highest BCUT2D eigenvalue weighted by molar-refractivity contribution is 7.99. The minimum Gasteiger partial charge on any atom is -0.272 e. The molecule has 0 saturated carbocycles. The summed E-state index contributed by atoms with van der Waals surface area (Å²) in [5.74, 6) is 0.384. The molecule has 0 aliphatic carbocycles. The number of aromatic nitrogens is 4. The lowest BCUT2D eigenvalue weighted by atomic mass is 10.2. The second-order valence-corrected chi connectivity index (χ2v) is 8.09. The fraction of sp³-hybridized carbons (Fsp3) is 0.0870. The predicted molar refractivity (Wildman–Crippen MR) is 129 cm³/mol. The minimum atomic E-state index is -0.477. The first-order valence-electron chi connectivity index (χ1n) is 10.1. The molecule has 4 rings (SSSR count). The Morgan fingerprint density at radius 2 is 1.79 bits per heavy atom. The van der Waals surface area contributed by atoms with E-state index in [1.807, 2.05) is 47.9 Å². The van der Waals surface area contributed by atoms with Gasteiger partial charge in [0.15, 0.2) is 11.0 Å². The van der Waals surface area contributed by atoms with Crippen molar-refractivity contribution in [2.24, 2.45) is 5.10 Å². The first kappa shape index (κ1) is 22.8. The molecule has 2 heterocycles. The van der Waals surface area contributed by atoms with Gasteiger partial charge in [-0.3, -0.25) is 24.5 Å². The summed E-state index contributed by atoms with van der Waals surface area (Å²) in [7, 11) is 0. The van der Waals surface area contributed by atoms with Crippen LogP contribution in [-0.4, -0.2) is 42.5 Å². The Kier molecular flexibility index (Phi) is 7.04. The summed E-state index contributed by atoms with van der Waals surface area (Å²) in [4.78, 5) is 26.6.